The summed E-state index contributed by atoms with van der Waals surface area (Å²) >= 11 is 6.72. The quantitative estimate of drug-likeness (QED) is 0.261. The largest absolute Gasteiger partial charge is 0.394 e. The molecule has 6 rings (SSSR count). The van der Waals surface area contributed by atoms with E-state index >= 15 is 9.59 Å². The van der Waals surface area contributed by atoms with Gasteiger partial charge in [0.15, 0.2) is 0 Å². The molecule has 1 spiro atoms. The van der Waals surface area contributed by atoms with E-state index in [4.69, 9.17) is 16.3 Å². The van der Waals surface area contributed by atoms with Crippen LogP contribution in [0.5, 0.6) is 0 Å². The van der Waals surface area contributed by atoms with Gasteiger partial charge in [-0.1, -0.05) is 84.4 Å². The van der Waals surface area contributed by atoms with Gasteiger partial charge in [0.1, 0.15) is 11.6 Å². The minimum Gasteiger partial charge on any atom is -0.394 e. The van der Waals surface area contributed by atoms with Crippen molar-refractivity contribution in [1.82, 2.24) is 4.90 Å². The van der Waals surface area contributed by atoms with Crippen LogP contribution in [0, 0.1) is 18.8 Å². The Hall–Kier alpha value is -4.24. The number of halogens is 1. The molecule has 3 aromatic carbocycles. The van der Waals surface area contributed by atoms with Crippen LogP contribution in [0.3, 0.4) is 0 Å². The van der Waals surface area contributed by atoms with Crippen molar-refractivity contribution in [2.24, 2.45) is 11.8 Å². The third-order valence-electron chi connectivity index (χ3n) is 10.1. The number of para-hydroxylation sites is 2. The van der Waals surface area contributed by atoms with E-state index in [0.717, 1.165) is 5.56 Å². The maximum Gasteiger partial charge on any atom is 0.253 e. The number of carbonyl (C=O) groups is 3. The van der Waals surface area contributed by atoms with E-state index in [1.165, 1.54) is 4.90 Å². The molecule has 3 heterocycles. The molecule has 0 saturated carbocycles. The molecule has 9 heteroatoms. The summed E-state index contributed by atoms with van der Waals surface area (Å²) in [6, 6.07) is 21.8. The van der Waals surface area contributed by atoms with Crippen molar-refractivity contribution >= 4 is 40.7 Å². The van der Waals surface area contributed by atoms with Gasteiger partial charge in [0.25, 0.3) is 5.91 Å². The van der Waals surface area contributed by atoms with Crippen LogP contribution in [0.15, 0.2) is 104 Å². The van der Waals surface area contributed by atoms with E-state index in [1.54, 1.807) is 28.0 Å². The molecule has 0 radical (unpaired) electrons. The molecule has 3 amide bonds. The van der Waals surface area contributed by atoms with E-state index in [9.17, 15) is 9.90 Å². The smallest absolute Gasteiger partial charge is 0.253 e. The Morgan fingerprint density at radius 1 is 0.979 bits per heavy atom. The Morgan fingerprint density at radius 2 is 1.62 bits per heavy atom. The topological polar surface area (TPSA) is 90.4 Å². The molecule has 3 saturated heterocycles. The van der Waals surface area contributed by atoms with Crippen LogP contribution < -0.4 is 9.80 Å². The lowest BCUT2D eigenvalue weighted by Crippen LogP contribution is -2.57. The van der Waals surface area contributed by atoms with E-state index in [0.29, 0.717) is 34.8 Å². The monoisotopic (exact) mass is 653 g/mol. The van der Waals surface area contributed by atoms with Gasteiger partial charge < -0.3 is 24.5 Å². The van der Waals surface area contributed by atoms with E-state index < -0.39 is 53.5 Å². The zero-order chi connectivity index (χ0) is 33.5. The minimum absolute atomic E-state index is 0.124. The summed E-state index contributed by atoms with van der Waals surface area (Å²) in [4.78, 5) is 49.5. The molecule has 0 aliphatic carbocycles. The van der Waals surface area contributed by atoms with Gasteiger partial charge in [-0.2, -0.15) is 0 Å². The number of amides is 3. The Labute approximate surface area is 280 Å². The number of aliphatic hydroxyl groups excluding tert-OH is 1. The highest BCUT2D eigenvalue weighted by Gasteiger charge is 2.79. The number of hydrogen-bond donors (Lipinski definition) is 1. The summed E-state index contributed by atoms with van der Waals surface area (Å²) < 4.78 is 6.94. The van der Waals surface area contributed by atoms with Crippen molar-refractivity contribution in [3.05, 3.63) is 120 Å². The van der Waals surface area contributed by atoms with Gasteiger partial charge in [-0.05, 0) is 56.0 Å². The Morgan fingerprint density at radius 3 is 2.23 bits per heavy atom. The van der Waals surface area contributed by atoms with Crippen molar-refractivity contribution < 1.29 is 24.2 Å². The lowest BCUT2D eigenvalue weighted by Gasteiger charge is -2.40. The highest BCUT2D eigenvalue weighted by atomic mass is 35.5. The summed E-state index contributed by atoms with van der Waals surface area (Å²) in [5.41, 5.74) is 0.315. The third kappa shape index (κ3) is 5.19. The third-order valence-corrected chi connectivity index (χ3v) is 10.4. The molecule has 3 aliphatic rings. The standard InChI is InChI=1S/C38H40ClN3O5/c1-5-22-40(27-17-11-8-12-18-27)34(44)30-31-35(45)42(29(24-43)26-15-9-7-10-16-26)33(38(31)21-20-37(30,4)47-38)36(46)41(23-6-2)32-25(3)14-13-19-28(32)39/h5-19,29-31,33,43H,1-2,20-24H2,3-4H3/t29-,30-,31+,33?,37+,38?/m1/s1. The van der Waals surface area contributed by atoms with Crippen LogP contribution in [0.25, 0.3) is 0 Å². The van der Waals surface area contributed by atoms with Crippen LogP contribution in [0.1, 0.15) is 36.9 Å². The van der Waals surface area contributed by atoms with Crippen LogP contribution in [0.2, 0.25) is 5.02 Å². The van der Waals surface area contributed by atoms with Gasteiger partial charge >= 0.3 is 0 Å². The molecule has 1 N–H and O–H groups in total. The Balaban J connectivity index is 1.52. The van der Waals surface area contributed by atoms with Crippen molar-refractivity contribution in [1.29, 1.82) is 0 Å². The average molecular weight is 654 g/mol. The fourth-order valence-electron chi connectivity index (χ4n) is 8.14. The molecule has 6 atom stereocenters. The predicted molar refractivity (Wildman–Crippen MR) is 183 cm³/mol. The SMILES string of the molecule is C=CCN(C(=O)[C@H]1[C@H]2C(=O)N([C@H](CO)c3ccccc3)C(C(=O)N(CC=C)c3c(C)cccc3Cl)C23CC[C@]1(C)O3)c1ccccc1. The number of rotatable bonds is 11. The van der Waals surface area contributed by atoms with Crippen LogP contribution in [-0.4, -0.2) is 64.7 Å². The van der Waals surface area contributed by atoms with Crippen LogP contribution >= 0.6 is 11.6 Å². The summed E-state index contributed by atoms with van der Waals surface area (Å²) in [5, 5.41) is 11.3. The fraction of sp³-hybridized carbons (Fsp3) is 0.342. The lowest BCUT2D eigenvalue weighted by atomic mass is 9.66. The molecule has 2 bridgehead atoms. The zero-order valence-corrected chi connectivity index (χ0v) is 27.5. The Kier molecular flexibility index (Phi) is 8.87. The molecule has 3 aliphatic heterocycles. The second-order valence-electron chi connectivity index (χ2n) is 12.8. The number of carbonyl (C=O) groups excluding carboxylic acids is 3. The maximum absolute atomic E-state index is 15.2. The Bertz CT molecular complexity index is 1680. The molecule has 2 unspecified atom stereocenters. The number of benzene rings is 3. The number of ether oxygens (including phenoxy) is 1. The number of fused-ring (bicyclic) bond motifs is 1. The molecule has 3 aromatic rings. The number of hydrogen-bond acceptors (Lipinski definition) is 5. The van der Waals surface area contributed by atoms with E-state index in [2.05, 4.69) is 13.2 Å². The molecule has 3 fully saturated rings. The normalized spacial score (nSPS) is 26.5. The number of aryl methyl sites for hydroxylation is 1. The molecular formula is C38H40ClN3O5. The first-order valence-electron chi connectivity index (χ1n) is 16.0. The van der Waals surface area contributed by atoms with Crippen LogP contribution in [-0.2, 0) is 19.1 Å². The number of likely N-dealkylation sites (tertiary alicyclic amines) is 1. The second kappa shape index (κ2) is 12.8. The van der Waals surface area contributed by atoms with Crippen LogP contribution in [0.4, 0.5) is 11.4 Å². The minimum atomic E-state index is -1.32. The van der Waals surface area contributed by atoms with Gasteiger partial charge in [0, 0.05) is 18.8 Å². The van der Waals surface area contributed by atoms with Gasteiger partial charge in [-0.15, -0.1) is 13.2 Å². The molecule has 8 nitrogen and oxygen atoms in total. The van der Waals surface area contributed by atoms with Crippen molar-refractivity contribution in [2.75, 3.05) is 29.5 Å². The van der Waals surface area contributed by atoms with Gasteiger partial charge in [0.2, 0.25) is 11.8 Å². The van der Waals surface area contributed by atoms with Crippen molar-refractivity contribution in [3.63, 3.8) is 0 Å². The van der Waals surface area contributed by atoms with Crippen molar-refractivity contribution in [2.45, 2.75) is 50.0 Å². The molecule has 47 heavy (non-hydrogen) atoms. The molecule has 0 aromatic heterocycles. The van der Waals surface area contributed by atoms with Gasteiger partial charge in [-0.3, -0.25) is 14.4 Å². The zero-order valence-electron chi connectivity index (χ0n) is 26.7. The first kappa shape index (κ1) is 32.7. The lowest BCUT2D eigenvalue weighted by molar-refractivity contribution is -0.148. The number of anilines is 2. The highest BCUT2D eigenvalue weighted by molar-refractivity contribution is 6.34. The number of nitrogens with zero attached hydrogens (tertiary/aromatic N) is 3. The summed E-state index contributed by atoms with van der Waals surface area (Å²) in [5.74, 6) is -2.91. The summed E-state index contributed by atoms with van der Waals surface area (Å²) in [6.45, 7) is 11.5. The van der Waals surface area contributed by atoms with Gasteiger partial charge in [-0.25, -0.2) is 0 Å². The van der Waals surface area contributed by atoms with E-state index in [1.807, 2.05) is 86.6 Å². The molecule has 244 valence electrons. The highest BCUT2D eigenvalue weighted by Crippen LogP contribution is 2.64. The predicted octanol–water partition coefficient (Wildman–Crippen LogP) is 5.88. The first-order valence-corrected chi connectivity index (χ1v) is 16.3. The average Bonchev–Trinajstić information content (AvgIpc) is 3.64. The van der Waals surface area contributed by atoms with E-state index in [-0.39, 0.29) is 19.0 Å². The maximum atomic E-state index is 15.2. The summed E-state index contributed by atoms with van der Waals surface area (Å²) in [7, 11) is 0. The summed E-state index contributed by atoms with van der Waals surface area (Å²) in [6.07, 6.45) is 4.14. The second-order valence-corrected chi connectivity index (χ2v) is 13.2. The first-order chi connectivity index (χ1) is 22.6. The molecular weight excluding hydrogens is 614 g/mol. The van der Waals surface area contributed by atoms with Crippen molar-refractivity contribution in [3.8, 4) is 0 Å². The number of aliphatic hydroxyl groups is 1. The fourth-order valence-corrected chi connectivity index (χ4v) is 8.47. The van der Waals surface area contributed by atoms with Gasteiger partial charge in [0.05, 0.1) is 40.8 Å².